The van der Waals surface area contributed by atoms with E-state index in [9.17, 15) is 0 Å². The third-order valence-corrected chi connectivity index (χ3v) is 2.01. The van der Waals surface area contributed by atoms with Gasteiger partial charge in [0.1, 0.15) is 0 Å². The van der Waals surface area contributed by atoms with Gasteiger partial charge in [-0.25, -0.2) is 0 Å². The van der Waals surface area contributed by atoms with Crippen molar-refractivity contribution >= 4 is 27.9 Å². The van der Waals surface area contributed by atoms with Crippen molar-refractivity contribution in [2.45, 2.75) is 19.3 Å². The Morgan fingerprint density at radius 3 is 1.85 bits per heavy atom. The molecule has 0 unspecified atom stereocenters. The van der Waals surface area contributed by atoms with Crippen LogP contribution in [0, 0.1) is 0 Å². The monoisotopic (exact) mass is 216 g/mol. The molecule has 0 atom stereocenters. The topological polar surface area (TPSA) is 17.1 Å². The maximum atomic E-state index is 8.98. The highest BCUT2D eigenvalue weighted by molar-refractivity contribution is 6.93. The molecule has 13 heavy (non-hydrogen) atoms. The Kier molecular flexibility index (Phi) is 4.26. The number of carbonyl (C=O) groups excluding carboxylic acids is 1. The molecule has 1 aromatic rings. The highest BCUT2D eigenvalue weighted by Gasteiger charge is 2.07. The molecule has 1 aliphatic rings. The third-order valence-electron chi connectivity index (χ3n) is 2.01. The van der Waals surface area contributed by atoms with Crippen LogP contribution in [0.25, 0.3) is 0 Å². The van der Waals surface area contributed by atoms with Crippen LogP contribution in [-0.2, 0) is 12.8 Å². The fourth-order valence-electron chi connectivity index (χ4n) is 1.51. The summed E-state index contributed by atoms with van der Waals surface area (Å²) in [6, 6.07) is 8.74. The van der Waals surface area contributed by atoms with Crippen molar-refractivity contribution < 1.29 is 4.79 Å². The van der Waals surface area contributed by atoms with Gasteiger partial charge < -0.3 is 0 Å². The van der Waals surface area contributed by atoms with Crippen molar-refractivity contribution in [3.05, 3.63) is 35.4 Å². The number of fused-ring (bicyclic) bond motifs is 1. The molecule has 70 valence electrons. The van der Waals surface area contributed by atoms with Gasteiger partial charge in [-0.3, -0.25) is 4.79 Å². The van der Waals surface area contributed by atoms with Gasteiger partial charge in [-0.2, -0.15) is 0 Å². The van der Waals surface area contributed by atoms with Gasteiger partial charge in [-0.15, -0.1) is 0 Å². The number of hydrogen-bond donors (Lipinski definition) is 0. The fourth-order valence-corrected chi connectivity index (χ4v) is 1.51. The quantitative estimate of drug-likeness (QED) is 0.604. The van der Waals surface area contributed by atoms with Crippen molar-refractivity contribution in [2.24, 2.45) is 0 Å². The van der Waals surface area contributed by atoms with Crippen LogP contribution in [0.4, 0.5) is 4.79 Å². The number of benzene rings is 1. The number of aryl methyl sites for hydroxylation is 2. The Morgan fingerprint density at radius 2 is 1.46 bits per heavy atom. The summed E-state index contributed by atoms with van der Waals surface area (Å²) < 4.78 is -0.889. The smallest absolute Gasteiger partial charge is 0.262 e. The average Bonchev–Trinajstić information content (AvgIpc) is 2.49. The zero-order chi connectivity index (χ0) is 9.68. The highest BCUT2D eigenvalue weighted by Crippen LogP contribution is 2.20. The van der Waals surface area contributed by atoms with E-state index in [2.05, 4.69) is 47.5 Å². The summed E-state index contributed by atoms with van der Waals surface area (Å²) >= 11 is 8.80. The Morgan fingerprint density at radius 1 is 1.08 bits per heavy atom. The van der Waals surface area contributed by atoms with E-state index in [1.54, 1.807) is 11.1 Å². The Hall–Kier alpha value is -0.530. The van der Waals surface area contributed by atoms with Crippen molar-refractivity contribution in [1.29, 1.82) is 0 Å². The van der Waals surface area contributed by atoms with Gasteiger partial charge in [0.25, 0.3) is 0 Å². The molecule has 0 heterocycles. The van der Waals surface area contributed by atoms with Gasteiger partial charge in [0.05, 0.1) is 0 Å². The standard InChI is InChI=1S/C9H10.CCl2O/c1-2-5-9-7-3-6-8(9)4-1;2-1(3)4/h1-2,4-5H,3,6-7H2;. The molecule has 0 saturated carbocycles. The van der Waals surface area contributed by atoms with E-state index in [1.165, 1.54) is 19.3 Å². The van der Waals surface area contributed by atoms with Crippen LogP contribution in [-0.4, -0.2) is 4.70 Å². The number of carbonyl (C=O) groups is 1. The maximum Gasteiger partial charge on any atom is 0.313 e. The molecular formula is C10H10Cl2O. The summed E-state index contributed by atoms with van der Waals surface area (Å²) in [7, 11) is 0. The highest BCUT2D eigenvalue weighted by atomic mass is 35.5. The first kappa shape index (κ1) is 10.6. The lowest BCUT2D eigenvalue weighted by molar-refractivity contribution is 0.275. The van der Waals surface area contributed by atoms with Crippen LogP contribution in [0.3, 0.4) is 0 Å². The molecule has 0 spiro atoms. The van der Waals surface area contributed by atoms with E-state index in [0.717, 1.165) is 0 Å². The predicted molar refractivity (Wildman–Crippen MR) is 55.6 cm³/mol. The largest absolute Gasteiger partial charge is 0.313 e. The van der Waals surface area contributed by atoms with Gasteiger partial charge in [-0.05, 0) is 53.6 Å². The Balaban J connectivity index is 0.000000184. The van der Waals surface area contributed by atoms with Gasteiger partial charge >= 0.3 is 4.70 Å². The maximum absolute atomic E-state index is 8.98. The zero-order valence-corrected chi connectivity index (χ0v) is 8.61. The molecule has 0 aromatic heterocycles. The first-order valence-electron chi connectivity index (χ1n) is 4.12. The molecule has 0 fully saturated rings. The summed E-state index contributed by atoms with van der Waals surface area (Å²) in [5, 5.41) is 0. The summed E-state index contributed by atoms with van der Waals surface area (Å²) in [6.07, 6.45) is 3.96. The molecule has 1 aromatic carbocycles. The van der Waals surface area contributed by atoms with Crippen LogP contribution in [0.1, 0.15) is 17.5 Å². The van der Waals surface area contributed by atoms with Gasteiger partial charge in [0.2, 0.25) is 0 Å². The van der Waals surface area contributed by atoms with Crippen LogP contribution >= 0.6 is 23.2 Å². The van der Waals surface area contributed by atoms with Gasteiger partial charge in [-0.1, -0.05) is 24.3 Å². The van der Waals surface area contributed by atoms with Crippen molar-refractivity contribution in [3.8, 4) is 0 Å². The van der Waals surface area contributed by atoms with E-state index in [0.29, 0.717) is 0 Å². The van der Waals surface area contributed by atoms with E-state index in [-0.39, 0.29) is 0 Å². The summed E-state index contributed by atoms with van der Waals surface area (Å²) in [5.41, 5.74) is 3.13. The normalized spacial score (nSPS) is 12.8. The average molecular weight is 217 g/mol. The SMILES string of the molecule is O=C(Cl)Cl.c1ccc2c(c1)CCC2. The molecule has 0 radical (unpaired) electrons. The summed E-state index contributed by atoms with van der Waals surface area (Å²) in [6.45, 7) is 0. The number of hydrogen-bond acceptors (Lipinski definition) is 1. The first-order chi connectivity index (χ1) is 6.20. The van der Waals surface area contributed by atoms with E-state index in [4.69, 9.17) is 4.79 Å². The molecule has 2 rings (SSSR count). The van der Waals surface area contributed by atoms with Crippen LogP contribution in [0.5, 0.6) is 0 Å². The molecule has 0 saturated heterocycles. The molecule has 0 amide bonds. The second-order valence-corrected chi connectivity index (χ2v) is 3.73. The molecule has 0 aliphatic heterocycles. The fraction of sp³-hybridized carbons (Fsp3) is 0.300. The van der Waals surface area contributed by atoms with E-state index in [1.807, 2.05) is 0 Å². The van der Waals surface area contributed by atoms with Crippen LogP contribution < -0.4 is 0 Å². The van der Waals surface area contributed by atoms with Crippen molar-refractivity contribution in [3.63, 3.8) is 0 Å². The molecule has 0 bridgehead atoms. The third kappa shape index (κ3) is 3.79. The first-order valence-corrected chi connectivity index (χ1v) is 4.87. The minimum Gasteiger partial charge on any atom is -0.262 e. The van der Waals surface area contributed by atoms with E-state index >= 15 is 0 Å². The van der Waals surface area contributed by atoms with E-state index < -0.39 is 4.70 Å². The van der Waals surface area contributed by atoms with Crippen LogP contribution in [0.15, 0.2) is 24.3 Å². The molecular weight excluding hydrogens is 207 g/mol. The molecule has 3 heteroatoms. The summed E-state index contributed by atoms with van der Waals surface area (Å²) in [4.78, 5) is 8.98. The van der Waals surface area contributed by atoms with Gasteiger partial charge in [0, 0.05) is 0 Å². The lowest BCUT2D eigenvalue weighted by Gasteiger charge is -1.93. The predicted octanol–water partition coefficient (Wildman–Crippen LogP) is 3.76. The second-order valence-electron chi connectivity index (χ2n) is 2.85. The molecule has 0 N–H and O–H groups in total. The lowest BCUT2D eigenvalue weighted by Crippen LogP contribution is -1.77. The summed E-state index contributed by atoms with van der Waals surface area (Å²) in [5.74, 6) is 0. The molecule has 1 nitrogen and oxygen atoms in total. The second kappa shape index (κ2) is 5.25. The minimum absolute atomic E-state index is 0.889. The number of halogens is 2. The Bertz CT molecular complexity index is 270. The minimum atomic E-state index is -0.889. The van der Waals surface area contributed by atoms with Gasteiger partial charge in [0.15, 0.2) is 0 Å². The van der Waals surface area contributed by atoms with Crippen molar-refractivity contribution in [1.82, 2.24) is 0 Å². The number of rotatable bonds is 0. The Labute approximate surface area is 87.7 Å². The van der Waals surface area contributed by atoms with Crippen LogP contribution in [0.2, 0.25) is 0 Å². The molecule has 1 aliphatic carbocycles. The lowest BCUT2D eigenvalue weighted by atomic mass is 10.1. The van der Waals surface area contributed by atoms with Crippen molar-refractivity contribution in [2.75, 3.05) is 0 Å². The zero-order valence-electron chi connectivity index (χ0n) is 7.09.